The monoisotopic (exact) mass is 339 g/mol. The lowest BCUT2D eigenvalue weighted by molar-refractivity contribution is 0.146. The fraction of sp³-hybridized carbons (Fsp3) is 0.350. The van der Waals surface area contributed by atoms with E-state index in [0.29, 0.717) is 6.54 Å². The number of rotatable bonds is 5. The number of amides is 2. The molecule has 1 aliphatic heterocycles. The minimum absolute atomic E-state index is 0.0199. The number of aryl methyl sites for hydroxylation is 1. The summed E-state index contributed by atoms with van der Waals surface area (Å²) in [4.78, 5) is 16.5. The number of nitrogens with zero attached hydrogens (tertiary/aromatic N) is 2. The molecule has 0 radical (unpaired) electrons. The number of urea groups is 1. The number of piperazine rings is 1. The van der Waals surface area contributed by atoms with E-state index in [4.69, 9.17) is 4.42 Å². The zero-order chi connectivity index (χ0) is 17.5. The molecule has 0 unspecified atom stereocenters. The first-order chi connectivity index (χ1) is 12.2. The van der Waals surface area contributed by atoms with Crippen LogP contribution in [-0.4, -0.2) is 48.6 Å². The van der Waals surface area contributed by atoms with Crippen molar-refractivity contribution in [2.75, 3.05) is 32.7 Å². The molecule has 2 amide bonds. The number of carbonyl (C=O) groups is 1. The first-order valence-corrected chi connectivity index (χ1v) is 8.73. The van der Waals surface area contributed by atoms with Gasteiger partial charge in [-0.05, 0) is 24.6 Å². The van der Waals surface area contributed by atoms with Crippen LogP contribution in [-0.2, 0) is 6.54 Å². The number of furan rings is 1. The highest BCUT2D eigenvalue weighted by atomic mass is 16.3. The summed E-state index contributed by atoms with van der Waals surface area (Å²) in [5, 5.41) is 2.92. The molecule has 1 N–H and O–H groups in total. The summed E-state index contributed by atoms with van der Waals surface area (Å²) in [5.74, 6) is 1.65. The zero-order valence-corrected chi connectivity index (χ0v) is 14.6. The van der Waals surface area contributed by atoms with Crippen LogP contribution < -0.4 is 5.32 Å². The van der Waals surface area contributed by atoms with Crippen LogP contribution in [0.3, 0.4) is 0 Å². The van der Waals surface area contributed by atoms with Gasteiger partial charge in [0.25, 0.3) is 0 Å². The summed E-state index contributed by atoms with van der Waals surface area (Å²) in [6.07, 6.45) is 4.33. The molecule has 1 aromatic carbocycles. The first-order valence-electron chi connectivity index (χ1n) is 8.73. The molecule has 2 heterocycles. The molecule has 1 aliphatic rings. The highest BCUT2D eigenvalue weighted by Crippen LogP contribution is 2.07. The predicted octanol–water partition coefficient (Wildman–Crippen LogP) is 3.13. The van der Waals surface area contributed by atoms with Crippen molar-refractivity contribution in [3.8, 4) is 0 Å². The van der Waals surface area contributed by atoms with E-state index in [1.54, 1.807) is 0 Å². The Morgan fingerprint density at radius 2 is 1.88 bits per heavy atom. The number of hydrogen-bond acceptors (Lipinski definition) is 3. The Bertz CT molecular complexity index is 701. The van der Waals surface area contributed by atoms with E-state index in [1.807, 2.05) is 42.2 Å². The summed E-state index contributed by atoms with van der Waals surface area (Å²) in [5.41, 5.74) is 1.22. The number of carbonyl (C=O) groups excluding carboxylic acids is 1. The topological polar surface area (TPSA) is 48.7 Å². The number of benzene rings is 1. The van der Waals surface area contributed by atoms with Gasteiger partial charge in [-0.25, -0.2) is 4.79 Å². The van der Waals surface area contributed by atoms with E-state index in [-0.39, 0.29) is 6.03 Å². The third-order valence-electron chi connectivity index (χ3n) is 4.34. The van der Waals surface area contributed by atoms with Crippen molar-refractivity contribution in [3.05, 3.63) is 65.6 Å². The van der Waals surface area contributed by atoms with Crippen LogP contribution in [0.15, 0.2) is 53.0 Å². The summed E-state index contributed by atoms with van der Waals surface area (Å²) < 4.78 is 5.47. The van der Waals surface area contributed by atoms with E-state index in [1.165, 1.54) is 5.56 Å². The van der Waals surface area contributed by atoms with Gasteiger partial charge in [-0.3, -0.25) is 4.90 Å². The first kappa shape index (κ1) is 17.3. The summed E-state index contributed by atoms with van der Waals surface area (Å²) in [7, 11) is 0. The third kappa shape index (κ3) is 5.22. The van der Waals surface area contributed by atoms with Crippen molar-refractivity contribution in [1.82, 2.24) is 15.1 Å². The lowest BCUT2D eigenvalue weighted by Gasteiger charge is -2.34. The van der Waals surface area contributed by atoms with Crippen LogP contribution >= 0.6 is 0 Å². The Morgan fingerprint density at radius 3 is 2.56 bits per heavy atom. The minimum atomic E-state index is -0.0199. The van der Waals surface area contributed by atoms with E-state index in [9.17, 15) is 4.79 Å². The largest absolute Gasteiger partial charge is 0.465 e. The Morgan fingerprint density at radius 1 is 1.12 bits per heavy atom. The lowest BCUT2D eigenvalue weighted by atomic mass is 10.2. The number of hydrogen-bond donors (Lipinski definition) is 1. The standard InChI is InChI=1S/C20H25N3O2/c1-17-9-10-19(25-17)16-21-20(24)23-14-12-22(13-15-23)11-5-8-18-6-3-2-4-7-18/h2-10H,11-16H2,1H3,(H,21,24)/b8-5+. The van der Waals surface area contributed by atoms with Gasteiger partial charge in [0.2, 0.25) is 0 Å². The van der Waals surface area contributed by atoms with Crippen molar-refractivity contribution in [2.24, 2.45) is 0 Å². The molecule has 1 saturated heterocycles. The zero-order valence-electron chi connectivity index (χ0n) is 14.6. The van der Waals surface area contributed by atoms with Gasteiger partial charge in [-0.2, -0.15) is 0 Å². The molecule has 1 fully saturated rings. The molecule has 3 rings (SSSR count). The molecule has 0 saturated carbocycles. The van der Waals surface area contributed by atoms with Gasteiger partial charge in [0.05, 0.1) is 6.54 Å². The summed E-state index contributed by atoms with van der Waals surface area (Å²) in [6.45, 7) is 6.54. The third-order valence-corrected chi connectivity index (χ3v) is 4.34. The van der Waals surface area contributed by atoms with Gasteiger partial charge < -0.3 is 14.6 Å². The molecule has 0 atom stereocenters. The predicted molar refractivity (Wildman–Crippen MR) is 99.2 cm³/mol. The average Bonchev–Trinajstić information content (AvgIpc) is 3.06. The van der Waals surface area contributed by atoms with Crippen LogP contribution in [0.5, 0.6) is 0 Å². The Hall–Kier alpha value is -2.53. The van der Waals surface area contributed by atoms with Gasteiger partial charge in [0, 0.05) is 32.7 Å². The van der Waals surface area contributed by atoms with Crippen molar-refractivity contribution < 1.29 is 9.21 Å². The molecular weight excluding hydrogens is 314 g/mol. The van der Waals surface area contributed by atoms with Gasteiger partial charge in [0.15, 0.2) is 0 Å². The van der Waals surface area contributed by atoms with Crippen molar-refractivity contribution >= 4 is 12.1 Å². The summed E-state index contributed by atoms with van der Waals surface area (Å²) >= 11 is 0. The Labute approximate surface area is 148 Å². The van der Waals surface area contributed by atoms with Gasteiger partial charge in [-0.1, -0.05) is 42.5 Å². The second-order valence-electron chi connectivity index (χ2n) is 6.27. The summed E-state index contributed by atoms with van der Waals surface area (Å²) in [6, 6.07) is 14.1. The van der Waals surface area contributed by atoms with E-state index >= 15 is 0 Å². The Balaban J connectivity index is 1.37. The van der Waals surface area contributed by atoms with Crippen LogP contribution in [0.25, 0.3) is 6.08 Å². The van der Waals surface area contributed by atoms with E-state index in [2.05, 4.69) is 34.5 Å². The molecule has 5 heteroatoms. The second-order valence-corrected chi connectivity index (χ2v) is 6.27. The van der Waals surface area contributed by atoms with Crippen molar-refractivity contribution in [1.29, 1.82) is 0 Å². The molecule has 1 aromatic heterocycles. The molecular formula is C20H25N3O2. The minimum Gasteiger partial charge on any atom is -0.465 e. The maximum atomic E-state index is 12.2. The van der Waals surface area contributed by atoms with Gasteiger partial charge in [0.1, 0.15) is 11.5 Å². The molecule has 2 aromatic rings. The SMILES string of the molecule is Cc1ccc(CNC(=O)N2CCN(C/C=C/c3ccccc3)CC2)o1. The van der Waals surface area contributed by atoms with Crippen molar-refractivity contribution in [2.45, 2.75) is 13.5 Å². The van der Waals surface area contributed by atoms with Crippen LogP contribution in [0, 0.1) is 6.92 Å². The van der Waals surface area contributed by atoms with Crippen LogP contribution in [0.2, 0.25) is 0 Å². The highest BCUT2D eigenvalue weighted by molar-refractivity contribution is 5.74. The van der Waals surface area contributed by atoms with Crippen LogP contribution in [0.4, 0.5) is 4.79 Å². The molecule has 5 nitrogen and oxygen atoms in total. The number of nitrogens with one attached hydrogen (secondary N) is 1. The smallest absolute Gasteiger partial charge is 0.317 e. The fourth-order valence-electron chi connectivity index (χ4n) is 2.89. The maximum Gasteiger partial charge on any atom is 0.317 e. The van der Waals surface area contributed by atoms with Gasteiger partial charge >= 0.3 is 6.03 Å². The van der Waals surface area contributed by atoms with E-state index in [0.717, 1.165) is 44.2 Å². The molecule has 25 heavy (non-hydrogen) atoms. The molecule has 0 bridgehead atoms. The van der Waals surface area contributed by atoms with E-state index < -0.39 is 0 Å². The molecule has 132 valence electrons. The Kier molecular flexibility index (Phi) is 5.90. The lowest BCUT2D eigenvalue weighted by Crippen LogP contribution is -2.51. The second kappa shape index (κ2) is 8.53. The van der Waals surface area contributed by atoms with Crippen LogP contribution in [0.1, 0.15) is 17.1 Å². The van der Waals surface area contributed by atoms with Crippen molar-refractivity contribution in [3.63, 3.8) is 0 Å². The molecule has 0 aliphatic carbocycles. The molecule has 0 spiro atoms. The van der Waals surface area contributed by atoms with Gasteiger partial charge in [-0.15, -0.1) is 0 Å². The average molecular weight is 339 g/mol. The highest BCUT2D eigenvalue weighted by Gasteiger charge is 2.20. The normalized spacial score (nSPS) is 15.6. The fourth-order valence-corrected chi connectivity index (χ4v) is 2.89. The quantitative estimate of drug-likeness (QED) is 0.910. The maximum absolute atomic E-state index is 12.2.